The Morgan fingerprint density at radius 1 is 0.600 bits per heavy atom. The second-order valence-corrected chi connectivity index (χ2v) is 13.5. The molecule has 0 bridgehead atoms. The largest absolute Gasteiger partial charge is 0.472 e. The summed E-state index contributed by atoms with van der Waals surface area (Å²) in [4.78, 5) is 22.4. The molecule has 0 saturated heterocycles. The van der Waals surface area contributed by atoms with Crippen LogP contribution < -0.4 is 5.73 Å². The molecule has 0 heterocycles. The average molecular weight is 720 g/mol. The molecule has 0 rings (SSSR count). The Balaban J connectivity index is 4.21. The van der Waals surface area contributed by atoms with Crippen molar-refractivity contribution in [2.24, 2.45) is 5.73 Å². The first-order chi connectivity index (χ1) is 24.4. The second-order valence-electron chi connectivity index (χ2n) is 12.0. The van der Waals surface area contributed by atoms with Gasteiger partial charge in [-0.15, -0.1) is 0 Å². The van der Waals surface area contributed by atoms with Crippen LogP contribution in [-0.2, 0) is 27.9 Å². The van der Waals surface area contributed by atoms with Gasteiger partial charge in [-0.25, -0.2) is 4.57 Å². The van der Waals surface area contributed by atoms with Crippen LogP contribution in [0, 0.1) is 0 Å². The first-order valence-corrected chi connectivity index (χ1v) is 20.6. The second kappa shape index (κ2) is 37.9. The van der Waals surface area contributed by atoms with Crippen molar-refractivity contribution in [3.05, 3.63) is 85.1 Å². The van der Waals surface area contributed by atoms with Crippen molar-refractivity contribution in [2.45, 2.75) is 136 Å². The lowest BCUT2D eigenvalue weighted by Crippen LogP contribution is -2.28. The van der Waals surface area contributed by atoms with Gasteiger partial charge in [-0.2, -0.15) is 0 Å². The summed E-state index contributed by atoms with van der Waals surface area (Å²) < 4.78 is 33.2. The van der Waals surface area contributed by atoms with Crippen molar-refractivity contribution in [3.8, 4) is 0 Å². The first-order valence-electron chi connectivity index (χ1n) is 19.1. The molecule has 0 saturated carbocycles. The number of carbonyl (C=O) groups excluding carboxylic acids is 1. The van der Waals surface area contributed by atoms with Crippen molar-refractivity contribution >= 4 is 13.8 Å². The molecular formula is C41H70NO7P. The van der Waals surface area contributed by atoms with E-state index in [-0.39, 0.29) is 38.8 Å². The van der Waals surface area contributed by atoms with E-state index in [1.54, 1.807) is 0 Å². The monoisotopic (exact) mass is 719 g/mol. The highest BCUT2D eigenvalue weighted by Crippen LogP contribution is 2.43. The number of ether oxygens (including phenoxy) is 2. The summed E-state index contributed by atoms with van der Waals surface area (Å²) in [5.41, 5.74) is 5.35. The van der Waals surface area contributed by atoms with E-state index in [9.17, 15) is 14.3 Å². The smallest absolute Gasteiger partial charge is 0.457 e. The molecule has 0 aromatic heterocycles. The molecule has 2 unspecified atom stereocenters. The zero-order valence-corrected chi connectivity index (χ0v) is 32.2. The van der Waals surface area contributed by atoms with Crippen molar-refractivity contribution in [3.63, 3.8) is 0 Å². The maximum absolute atomic E-state index is 12.5. The van der Waals surface area contributed by atoms with Gasteiger partial charge in [0.05, 0.1) is 19.8 Å². The third-order valence-corrected chi connectivity index (χ3v) is 8.29. The summed E-state index contributed by atoms with van der Waals surface area (Å²) >= 11 is 0. The fourth-order valence-electron chi connectivity index (χ4n) is 4.60. The predicted molar refractivity (Wildman–Crippen MR) is 210 cm³/mol. The summed E-state index contributed by atoms with van der Waals surface area (Å²) in [6, 6.07) is 0. The molecule has 286 valence electrons. The molecule has 0 aliphatic carbocycles. The van der Waals surface area contributed by atoms with Crippen LogP contribution in [0.1, 0.15) is 129 Å². The molecule has 0 spiro atoms. The summed E-state index contributed by atoms with van der Waals surface area (Å²) in [6.45, 7) is 4.49. The van der Waals surface area contributed by atoms with Crippen LogP contribution in [0.3, 0.4) is 0 Å². The van der Waals surface area contributed by atoms with Gasteiger partial charge < -0.3 is 20.1 Å². The zero-order chi connectivity index (χ0) is 36.6. The van der Waals surface area contributed by atoms with E-state index in [0.29, 0.717) is 6.61 Å². The minimum absolute atomic E-state index is 0.0688. The van der Waals surface area contributed by atoms with E-state index >= 15 is 0 Å². The fourth-order valence-corrected chi connectivity index (χ4v) is 5.37. The summed E-state index contributed by atoms with van der Waals surface area (Å²) in [5.74, 6) is -0.364. The lowest BCUT2D eigenvalue weighted by atomic mass is 10.1. The maximum atomic E-state index is 12.5. The molecule has 9 heteroatoms. The zero-order valence-electron chi connectivity index (χ0n) is 31.3. The predicted octanol–water partition coefficient (Wildman–Crippen LogP) is 11.0. The molecule has 0 aromatic carbocycles. The average Bonchev–Trinajstić information content (AvgIpc) is 3.10. The Hall–Kier alpha value is -2.32. The summed E-state index contributed by atoms with van der Waals surface area (Å²) in [7, 11) is -4.29. The van der Waals surface area contributed by atoms with Crippen molar-refractivity contribution in [1.82, 2.24) is 0 Å². The van der Waals surface area contributed by atoms with Gasteiger partial charge in [0, 0.05) is 19.6 Å². The van der Waals surface area contributed by atoms with E-state index in [4.69, 9.17) is 24.3 Å². The number of rotatable bonds is 35. The Bertz CT molecular complexity index is 1030. The number of nitrogens with two attached hydrogens (primary N) is 1. The van der Waals surface area contributed by atoms with Gasteiger partial charge in [-0.05, 0) is 77.0 Å². The van der Waals surface area contributed by atoms with E-state index in [0.717, 1.165) is 89.9 Å². The Morgan fingerprint density at radius 2 is 1.06 bits per heavy atom. The number of esters is 1. The van der Waals surface area contributed by atoms with Crippen LogP contribution >= 0.6 is 7.82 Å². The number of hydrogen-bond acceptors (Lipinski definition) is 7. The normalized spacial score (nSPS) is 14.6. The summed E-state index contributed by atoms with van der Waals surface area (Å²) in [5, 5.41) is 0. The van der Waals surface area contributed by atoms with E-state index < -0.39 is 13.9 Å². The van der Waals surface area contributed by atoms with E-state index in [1.165, 1.54) is 19.3 Å². The quantitative estimate of drug-likeness (QED) is 0.0288. The van der Waals surface area contributed by atoms with E-state index in [2.05, 4.69) is 98.9 Å². The molecule has 50 heavy (non-hydrogen) atoms. The molecule has 0 aliphatic heterocycles. The van der Waals surface area contributed by atoms with Gasteiger partial charge in [0.15, 0.2) is 0 Å². The molecule has 8 nitrogen and oxygen atoms in total. The molecular weight excluding hydrogens is 649 g/mol. The minimum Gasteiger partial charge on any atom is -0.457 e. The Labute approximate surface area is 305 Å². The third kappa shape index (κ3) is 36.9. The molecule has 3 N–H and O–H groups in total. The lowest BCUT2D eigenvalue weighted by Gasteiger charge is -2.20. The van der Waals surface area contributed by atoms with Crippen molar-refractivity contribution in [2.75, 3.05) is 33.0 Å². The van der Waals surface area contributed by atoms with Crippen LogP contribution in [0.5, 0.6) is 0 Å². The number of phosphoric acid groups is 1. The first kappa shape index (κ1) is 47.7. The Kier molecular flexibility index (Phi) is 36.2. The number of hydrogen-bond donors (Lipinski definition) is 2. The van der Waals surface area contributed by atoms with Crippen LogP contribution in [0.25, 0.3) is 0 Å². The number of carbonyl (C=O) groups is 1. The van der Waals surface area contributed by atoms with Gasteiger partial charge >= 0.3 is 13.8 Å². The summed E-state index contributed by atoms with van der Waals surface area (Å²) in [6.07, 6.45) is 47.5. The molecule has 0 radical (unpaired) electrons. The molecule has 2 atom stereocenters. The van der Waals surface area contributed by atoms with Gasteiger partial charge in [0.25, 0.3) is 0 Å². The highest BCUT2D eigenvalue weighted by Gasteiger charge is 2.25. The van der Waals surface area contributed by atoms with Crippen LogP contribution in [0.4, 0.5) is 0 Å². The SMILES string of the molecule is CC/C=C\C/C=C\C/C=C\C/C=C\CCCOCC(COP(=O)(O)OCCN)OC(=O)CCCCCCCCC/C=C\C/C=C\C/C=C\CC. The van der Waals surface area contributed by atoms with Crippen molar-refractivity contribution < 1.29 is 32.8 Å². The minimum atomic E-state index is -4.29. The number of unbranched alkanes of at least 4 members (excludes halogenated alkanes) is 8. The van der Waals surface area contributed by atoms with Crippen LogP contribution in [0.15, 0.2) is 85.1 Å². The fraction of sp³-hybridized carbons (Fsp3) is 0.634. The van der Waals surface area contributed by atoms with Crippen LogP contribution in [0.2, 0.25) is 0 Å². The van der Waals surface area contributed by atoms with Crippen LogP contribution in [-0.4, -0.2) is 49.9 Å². The standard InChI is InChI=1S/C41H70NO7P/c1-3-5-7-9-11-13-15-17-19-20-21-22-24-26-28-30-32-34-41(43)49-40(39-48-50(44,45)47-37-35-42)38-46-36-33-31-29-27-25-23-18-16-14-12-10-8-6-4-2/h5-8,11-14,17-19,23,27,29,40H,3-4,9-10,15-16,20-22,24-26,28,30-39,42H2,1-2H3,(H,44,45)/b7-5-,8-6-,13-11-,14-12-,19-17-,23-18-,29-27-. The molecule has 0 aliphatic rings. The van der Waals surface area contributed by atoms with Gasteiger partial charge in [-0.1, -0.05) is 131 Å². The van der Waals surface area contributed by atoms with Gasteiger partial charge in [0.1, 0.15) is 6.10 Å². The van der Waals surface area contributed by atoms with Crippen molar-refractivity contribution in [1.29, 1.82) is 0 Å². The van der Waals surface area contributed by atoms with Gasteiger partial charge in [-0.3, -0.25) is 13.8 Å². The van der Waals surface area contributed by atoms with Gasteiger partial charge in [0.2, 0.25) is 0 Å². The Morgan fingerprint density at radius 3 is 1.58 bits per heavy atom. The van der Waals surface area contributed by atoms with E-state index in [1.807, 2.05) is 0 Å². The lowest BCUT2D eigenvalue weighted by molar-refractivity contribution is -0.154. The maximum Gasteiger partial charge on any atom is 0.472 e. The highest BCUT2D eigenvalue weighted by molar-refractivity contribution is 7.47. The number of allylic oxidation sites excluding steroid dienone is 14. The third-order valence-electron chi connectivity index (χ3n) is 7.31. The molecule has 0 aromatic rings. The highest BCUT2D eigenvalue weighted by atomic mass is 31.2. The number of phosphoric ester groups is 1. The molecule has 0 fully saturated rings. The molecule has 0 amide bonds. The topological polar surface area (TPSA) is 117 Å².